The van der Waals surface area contributed by atoms with Crippen LogP contribution in [0.4, 0.5) is 10.6 Å². The summed E-state index contributed by atoms with van der Waals surface area (Å²) in [6.07, 6.45) is 2.09. The van der Waals surface area contributed by atoms with E-state index in [4.69, 9.17) is 0 Å². The summed E-state index contributed by atoms with van der Waals surface area (Å²) in [4.78, 5) is 28.7. The third-order valence-corrected chi connectivity index (χ3v) is 3.40. The number of hydrogen-bond donors (Lipinski definition) is 1. The summed E-state index contributed by atoms with van der Waals surface area (Å²) in [5.74, 6) is 1.17. The second kappa shape index (κ2) is 5.18. The lowest BCUT2D eigenvalue weighted by molar-refractivity contribution is -0.128. The van der Waals surface area contributed by atoms with Crippen LogP contribution in [0.3, 0.4) is 0 Å². The molecule has 1 aliphatic heterocycles. The third-order valence-electron chi connectivity index (χ3n) is 2.52. The zero-order valence-corrected chi connectivity index (χ0v) is 10.3. The molecule has 1 saturated heterocycles. The van der Waals surface area contributed by atoms with E-state index in [1.54, 1.807) is 19.3 Å². The van der Waals surface area contributed by atoms with Crippen molar-refractivity contribution < 1.29 is 9.59 Å². The van der Waals surface area contributed by atoms with Crippen LogP contribution < -0.4 is 5.32 Å². The molecule has 1 aromatic heterocycles. The zero-order valence-electron chi connectivity index (χ0n) is 9.47. The van der Waals surface area contributed by atoms with Crippen molar-refractivity contribution in [1.82, 2.24) is 9.88 Å². The lowest BCUT2D eigenvalue weighted by Gasteiger charge is -2.24. The van der Waals surface area contributed by atoms with Gasteiger partial charge in [0, 0.05) is 31.0 Å². The van der Waals surface area contributed by atoms with Crippen LogP contribution in [0.2, 0.25) is 0 Å². The van der Waals surface area contributed by atoms with Crippen molar-refractivity contribution >= 4 is 28.7 Å². The van der Waals surface area contributed by atoms with Crippen LogP contribution in [0.25, 0.3) is 0 Å². The van der Waals surface area contributed by atoms with Gasteiger partial charge < -0.3 is 5.32 Å². The number of amides is 2. The molecule has 0 spiro atoms. The largest absolute Gasteiger partial charge is 0.373 e. The first kappa shape index (κ1) is 11.9. The number of nitrogens with one attached hydrogen (secondary N) is 1. The standard InChI is InChI=1S/C11H13N3O2S/c1-12-10-8(3-2-5-13-10)7-14-9(15)4-6-17-11(14)16/h2-3,5H,4,6-7H2,1H3,(H,12,13). The van der Waals surface area contributed by atoms with Crippen molar-refractivity contribution in [2.45, 2.75) is 13.0 Å². The van der Waals surface area contributed by atoms with Crippen molar-refractivity contribution in [2.75, 3.05) is 18.1 Å². The molecule has 2 heterocycles. The molecule has 0 aromatic carbocycles. The molecule has 0 saturated carbocycles. The van der Waals surface area contributed by atoms with Crippen molar-refractivity contribution in [3.63, 3.8) is 0 Å². The molecule has 1 N–H and O–H groups in total. The predicted molar refractivity (Wildman–Crippen MR) is 66.8 cm³/mol. The minimum absolute atomic E-state index is 0.111. The number of imide groups is 1. The highest BCUT2D eigenvalue weighted by Gasteiger charge is 2.27. The fourth-order valence-corrected chi connectivity index (χ4v) is 2.43. The Bertz CT molecular complexity index is 434. The Balaban J connectivity index is 2.19. The summed E-state index contributed by atoms with van der Waals surface area (Å²) < 4.78 is 0. The van der Waals surface area contributed by atoms with Gasteiger partial charge in [-0.3, -0.25) is 14.5 Å². The van der Waals surface area contributed by atoms with E-state index in [1.807, 2.05) is 6.07 Å². The van der Waals surface area contributed by atoms with Gasteiger partial charge in [-0.15, -0.1) is 0 Å². The highest BCUT2D eigenvalue weighted by atomic mass is 32.2. The molecule has 17 heavy (non-hydrogen) atoms. The highest BCUT2D eigenvalue weighted by Crippen LogP contribution is 2.22. The molecule has 0 atom stereocenters. The minimum atomic E-state index is -0.174. The van der Waals surface area contributed by atoms with E-state index < -0.39 is 0 Å². The number of nitrogens with zero attached hydrogens (tertiary/aromatic N) is 2. The number of carbonyl (C=O) groups excluding carboxylic acids is 2. The number of hydrogen-bond acceptors (Lipinski definition) is 5. The average molecular weight is 251 g/mol. The van der Waals surface area contributed by atoms with E-state index in [0.717, 1.165) is 5.56 Å². The van der Waals surface area contributed by atoms with E-state index in [2.05, 4.69) is 10.3 Å². The summed E-state index contributed by atoms with van der Waals surface area (Å²) in [6, 6.07) is 3.65. The van der Waals surface area contributed by atoms with Crippen molar-refractivity contribution in [2.24, 2.45) is 0 Å². The molecule has 0 radical (unpaired) electrons. The zero-order chi connectivity index (χ0) is 12.3. The maximum Gasteiger partial charge on any atom is 0.288 e. The Morgan fingerprint density at radius 1 is 1.53 bits per heavy atom. The molecule has 1 aromatic rings. The van der Waals surface area contributed by atoms with Gasteiger partial charge in [0.05, 0.1) is 6.54 Å². The second-order valence-electron chi connectivity index (χ2n) is 3.61. The molecule has 1 aliphatic rings. The second-order valence-corrected chi connectivity index (χ2v) is 4.65. The highest BCUT2D eigenvalue weighted by molar-refractivity contribution is 8.13. The smallest absolute Gasteiger partial charge is 0.288 e. The Morgan fingerprint density at radius 3 is 3.06 bits per heavy atom. The van der Waals surface area contributed by atoms with Gasteiger partial charge in [0.25, 0.3) is 5.24 Å². The molecule has 5 nitrogen and oxygen atoms in total. The number of rotatable bonds is 3. The van der Waals surface area contributed by atoms with Gasteiger partial charge >= 0.3 is 0 Å². The van der Waals surface area contributed by atoms with E-state index in [-0.39, 0.29) is 17.7 Å². The molecular formula is C11H13N3O2S. The monoisotopic (exact) mass is 251 g/mol. The van der Waals surface area contributed by atoms with Crippen LogP contribution in [0, 0.1) is 0 Å². The molecular weight excluding hydrogens is 238 g/mol. The van der Waals surface area contributed by atoms with E-state index in [1.165, 1.54) is 16.7 Å². The molecule has 2 rings (SSSR count). The van der Waals surface area contributed by atoms with Crippen LogP contribution in [-0.4, -0.2) is 33.8 Å². The molecule has 0 unspecified atom stereocenters. The fraction of sp³-hybridized carbons (Fsp3) is 0.364. The van der Waals surface area contributed by atoms with Crippen molar-refractivity contribution in [3.05, 3.63) is 23.9 Å². The van der Waals surface area contributed by atoms with Crippen LogP contribution in [0.15, 0.2) is 18.3 Å². The summed E-state index contributed by atoms with van der Waals surface area (Å²) in [6.45, 7) is 0.286. The fourth-order valence-electron chi connectivity index (χ4n) is 1.65. The quantitative estimate of drug-likeness (QED) is 0.886. The lowest BCUT2D eigenvalue weighted by atomic mass is 10.2. The van der Waals surface area contributed by atoms with Crippen molar-refractivity contribution in [1.29, 1.82) is 0 Å². The van der Waals surface area contributed by atoms with Gasteiger partial charge in [-0.05, 0) is 6.07 Å². The molecule has 0 aliphatic carbocycles. The molecule has 1 fully saturated rings. The number of carbonyl (C=O) groups is 2. The van der Waals surface area contributed by atoms with E-state index >= 15 is 0 Å². The number of aromatic nitrogens is 1. The van der Waals surface area contributed by atoms with E-state index in [0.29, 0.717) is 18.0 Å². The van der Waals surface area contributed by atoms with Gasteiger partial charge in [0.2, 0.25) is 5.91 Å². The van der Waals surface area contributed by atoms with Crippen LogP contribution in [0.5, 0.6) is 0 Å². The summed E-state index contributed by atoms with van der Waals surface area (Å²) >= 11 is 1.19. The molecule has 2 amide bonds. The Kier molecular flexibility index (Phi) is 3.63. The minimum Gasteiger partial charge on any atom is -0.373 e. The van der Waals surface area contributed by atoms with Gasteiger partial charge in [0.15, 0.2) is 0 Å². The number of pyridine rings is 1. The lowest BCUT2D eigenvalue weighted by Crippen LogP contribution is -2.37. The normalized spacial score (nSPS) is 16.2. The van der Waals surface area contributed by atoms with Crippen molar-refractivity contribution in [3.8, 4) is 0 Å². The molecule has 90 valence electrons. The summed E-state index contributed by atoms with van der Waals surface area (Å²) in [5.41, 5.74) is 0.846. The van der Waals surface area contributed by atoms with Gasteiger partial charge in [0.1, 0.15) is 5.82 Å². The number of thioether (sulfide) groups is 1. The summed E-state index contributed by atoms with van der Waals surface area (Å²) in [5, 5.41) is 2.77. The SMILES string of the molecule is CNc1ncccc1CN1C(=O)CCSC1=O. The average Bonchev–Trinajstić information content (AvgIpc) is 2.34. The first-order valence-electron chi connectivity index (χ1n) is 5.31. The first-order chi connectivity index (χ1) is 8.22. The topological polar surface area (TPSA) is 62.3 Å². The van der Waals surface area contributed by atoms with Gasteiger partial charge in [-0.1, -0.05) is 17.8 Å². The maximum absolute atomic E-state index is 11.7. The third kappa shape index (κ3) is 2.58. The Hall–Kier alpha value is -1.56. The van der Waals surface area contributed by atoms with Gasteiger partial charge in [-0.2, -0.15) is 0 Å². The Morgan fingerprint density at radius 2 is 2.35 bits per heavy atom. The predicted octanol–water partition coefficient (Wildman–Crippen LogP) is 1.71. The van der Waals surface area contributed by atoms with E-state index in [9.17, 15) is 9.59 Å². The maximum atomic E-state index is 11.7. The number of anilines is 1. The van der Waals surface area contributed by atoms with Crippen LogP contribution in [0.1, 0.15) is 12.0 Å². The molecule has 0 bridgehead atoms. The Labute approximate surface area is 104 Å². The molecule has 6 heteroatoms. The van der Waals surface area contributed by atoms with Crippen LogP contribution in [-0.2, 0) is 11.3 Å². The summed E-state index contributed by atoms with van der Waals surface area (Å²) in [7, 11) is 1.76. The first-order valence-corrected chi connectivity index (χ1v) is 6.29. The van der Waals surface area contributed by atoms with Crippen LogP contribution >= 0.6 is 11.8 Å². The van der Waals surface area contributed by atoms with Gasteiger partial charge in [-0.25, -0.2) is 4.98 Å².